The maximum absolute atomic E-state index is 13.1. The average molecular weight is 227 g/mol. The molecule has 1 aromatic rings. The number of benzene rings is 1. The quantitative estimate of drug-likeness (QED) is 0.686. The lowest BCUT2D eigenvalue weighted by Crippen LogP contribution is -2.18. The van der Waals surface area contributed by atoms with E-state index in [4.69, 9.17) is 11.6 Å². The first kappa shape index (κ1) is 10.9. The summed E-state index contributed by atoms with van der Waals surface area (Å²) in [7, 11) is 0. The van der Waals surface area contributed by atoms with Crippen molar-refractivity contribution in [1.82, 2.24) is 0 Å². The maximum Gasteiger partial charge on any atom is 0.108 e. The van der Waals surface area contributed by atoms with Gasteiger partial charge in [0.05, 0.1) is 0 Å². The van der Waals surface area contributed by atoms with Crippen LogP contribution in [0.2, 0.25) is 0 Å². The topological polar surface area (TPSA) is 0 Å². The summed E-state index contributed by atoms with van der Waals surface area (Å²) in [6.45, 7) is 4.01. The number of rotatable bonds is 3. The molecular formula is C13H16ClF. The first-order valence-corrected chi connectivity index (χ1v) is 5.80. The van der Waals surface area contributed by atoms with Crippen LogP contribution < -0.4 is 0 Å². The fourth-order valence-corrected chi connectivity index (χ4v) is 2.31. The van der Waals surface area contributed by atoms with Gasteiger partial charge in [-0.05, 0) is 30.9 Å². The summed E-state index contributed by atoms with van der Waals surface area (Å²) in [6.07, 6.45) is 0.682. The minimum absolute atomic E-state index is 0.0893. The molecule has 0 saturated heterocycles. The van der Waals surface area contributed by atoms with E-state index >= 15 is 0 Å². The summed E-state index contributed by atoms with van der Waals surface area (Å²) in [5.74, 6) is 0. The SMILES string of the molecule is Cc1ccccc1CC(Cl)C1(C)CC1F. The number of hydrogen-bond donors (Lipinski definition) is 0. The molecule has 1 aromatic carbocycles. The van der Waals surface area contributed by atoms with Gasteiger partial charge in [-0.25, -0.2) is 4.39 Å². The molecule has 3 unspecified atom stereocenters. The standard InChI is InChI=1S/C13H16ClF/c1-9-5-3-4-6-10(9)7-11(14)13(2)8-12(13)15/h3-6,11-12H,7-8H2,1-2H3. The van der Waals surface area contributed by atoms with Crippen molar-refractivity contribution in [3.63, 3.8) is 0 Å². The highest BCUT2D eigenvalue weighted by atomic mass is 35.5. The summed E-state index contributed by atoms with van der Waals surface area (Å²) < 4.78 is 13.1. The van der Waals surface area contributed by atoms with Crippen LogP contribution in [0.3, 0.4) is 0 Å². The Bertz CT molecular complexity index is 363. The molecule has 15 heavy (non-hydrogen) atoms. The zero-order valence-electron chi connectivity index (χ0n) is 9.13. The molecule has 1 saturated carbocycles. The van der Waals surface area contributed by atoms with Gasteiger partial charge >= 0.3 is 0 Å². The van der Waals surface area contributed by atoms with Crippen LogP contribution in [0, 0.1) is 12.3 Å². The van der Waals surface area contributed by atoms with E-state index in [1.165, 1.54) is 11.1 Å². The van der Waals surface area contributed by atoms with Crippen molar-refractivity contribution in [1.29, 1.82) is 0 Å². The zero-order valence-corrected chi connectivity index (χ0v) is 9.89. The van der Waals surface area contributed by atoms with Crippen LogP contribution >= 0.6 is 11.6 Å². The summed E-state index contributed by atoms with van der Waals surface area (Å²) in [6, 6.07) is 8.16. The maximum atomic E-state index is 13.1. The van der Waals surface area contributed by atoms with Crippen LogP contribution in [-0.4, -0.2) is 11.5 Å². The monoisotopic (exact) mass is 226 g/mol. The minimum atomic E-state index is -0.705. The molecule has 82 valence electrons. The van der Waals surface area contributed by atoms with Gasteiger partial charge in [-0.2, -0.15) is 0 Å². The highest BCUT2D eigenvalue weighted by Crippen LogP contribution is 2.53. The number of alkyl halides is 2. The normalized spacial score (nSPS) is 31.3. The predicted molar refractivity (Wildman–Crippen MR) is 62.1 cm³/mol. The molecule has 2 rings (SSSR count). The molecule has 0 nitrogen and oxygen atoms in total. The van der Waals surface area contributed by atoms with Gasteiger partial charge in [0.15, 0.2) is 0 Å². The Morgan fingerprint density at radius 2 is 2.13 bits per heavy atom. The van der Waals surface area contributed by atoms with Crippen LogP contribution in [0.5, 0.6) is 0 Å². The molecule has 0 heterocycles. The van der Waals surface area contributed by atoms with Crippen LogP contribution in [0.4, 0.5) is 4.39 Å². The molecule has 0 N–H and O–H groups in total. The molecular weight excluding hydrogens is 211 g/mol. The Morgan fingerprint density at radius 1 is 1.53 bits per heavy atom. The van der Waals surface area contributed by atoms with Crippen LogP contribution in [-0.2, 0) is 6.42 Å². The highest BCUT2D eigenvalue weighted by Gasteiger charge is 2.55. The van der Waals surface area contributed by atoms with E-state index in [2.05, 4.69) is 19.1 Å². The van der Waals surface area contributed by atoms with Gasteiger partial charge in [-0.1, -0.05) is 31.2 Å². The predicted octanol–water partition coefficient (Wildman–Crippen LogP) is 3.89. The van der Waals surface area contributed by atoms with Crippen molar-refractivity contribution in [3.8, 4) is 0 Å². The van der Waals surface area contributed by atoms with Gasteiger partial charge in [0.25, 0.3) is 0 Å². The molecule has 1 fully saturated rings. The summed E-state index contributed by atoms with van der Waals surface area (Å²) in [5, 5.41) is -0.0893. The van der Waals surface area contributed by atoms with Crippen LogP contribution in [0.1, 0.15) is 24.5 Å². The van der Waals surface area contributed by atoms with Gasteiger partial charge in [0, 0.05) is 10.8 Å². The van der Waals surface area contributed by atoms with Crippen LogP contribution in [0.25, 0.3) is 0 Å². The first-order chi connectivity index (χ1) is 7.04. The Balaban J connectivity index is 2.07. The van der Waals surface area contributed by atoms with Gasteiger partial charge < -0.3 is 0 Å². The third kappa shape index (κ3) is 2.03. The van der Waals surface area contributed by atoms with E-state index in [1.54, 1.807) is 0 Å². The molecule has 0 aliphatic heterocycles. The molecule has 2 heteroatoms. The lowest BCUT2D eigenvalue weighted by molar-refractivity contribution is 0.365. The Hall–Kier alpha value is -0.560. The Labute approximate surface area is 95.4 Å². The fraction of sp³-hybridized carbons (Fsp3) is 0.538. The molecule has 0 spiro atoms. The number of halogens is 2. The van der Waals surface area contributed by atoms with E-state index < -0.39 is 6.17 Å². The van der Waals surface area contributed by atoms with Gasteiger partial charge in [0.1, 0.15) is 6.17 Å². The van der Waals surface area contributed by atoms with Crippen molar-refractivity contribution in [2.75, 3.05) is 0 Å². The Morgan fingerprint density at radius 3 is 2.67 bits per heavy atom. The van der Waals surface area contributed by atoms with E-state index in [1.807, 2.05) is 19.1 Å². The smallest absolute Gasteiger partial charge is 0.108 e. The van der Waals surface area contributed by atoms with E-state index in [0.717, 1.165) is 6.42 Å². The van der Waals surface area contributed by atoms with Crippen molar-refractivity contribution in [3.05, 3.63) is 35.4 Å². The second kappa shape index (κ2) is 3.79. The second-order valence-electron chi connectivity index (χ2n) is 4.78. The summed E-state index contributed by atoms with van der Waals surface area (Å²) >= 11 is 6.28. The lowest BCUT2D eigenvalue weighted by Gasteiger charge is -2.17. The fourth-order valence-electron chi connectivity index (χ4n) is 1.92. The molecule has 0 amide bonds. The molecule has 1 aliphatic rings. The third-order valence-corrected chi connectivity index (χ3v) is 4.20. The highest BCUT2D eigenvalue weighted by molar-refractivity contribution is 6.21. The van der Waals surface area contributed by atoms with Gasteiger partial charge in [-0.15, -0.1) is 11.6 Å². The van der Waals surface area contributed by atoms with Crippen molar-refractivity contribution < 1.29 is 4.39 Å². The third-order valence-electron chi connectivity index (χ3n) is 3.55. The Kier molecular flexibility index (Phi) is 2.76. The first-order valence-electron chi connectivity index (χ1n) is 5.36. The number of hydrogen-bond acceptors (Lipinski definition) is 0. The van der Waals surface area contributed by atoms with Gasteiger partial charge in [-0.3, -0.25) is 0 Å². The van der Waals surface area contributed by atoms with E-state index in [-0.39, 0.29) is 10.8 Å². The second-order valence-corrected chi connectivity index (χ2v) is 5.30. The lowest BCUT2D eigenvalue weighted by atomic mass is 9.95. The molecule has 0 aromatic heterocycles. The van der Waals surface area contributed by atoms with E-state index in [9.17, 15) is 4.39 Å². The van der Waals surface area contributed by atoms with Crippen LogP contribution in [0.15, 0.2) is 24.3 Å². The zero-order chi connectivity index (χ0) is 11.1. The van der Waals surface area contributed by atoms with Crippen molar-refractivity contribution in [2.45, 2.75) is 38.2 Å². The minimum Gasteiger partial charge on any atom is -0.247 e. The molecule has 0 radical (unpaired) electrons. The average Bonchev–Trinajstić information content (AvgIpc) is 2.80. The molecule has 0 bridgehead atoms. The molecule has 3 atom stereocenters. The largest absolute Gasteiger partial charge is 0.247 e. The number of aryl methyl sites for hydroxylation is 1. The molecule has 1 aliphatic carbocycles. The summed E-state index contributed by atoms with van der Waals surface area (Å²) in [5.41, 5.74) is 2.18. The summed E-state index contributed by atoms with van der Waals surface area (Å²) in [4.78, 5) is 0. The van der Waals surface area contributed by atoms with Crippen molar-refractivity contribution in [2.24, 2.45) is 5.41 Å². The van der Waals surface area contributed by atoms with Crippen molar-refractivity contribution >= 4 is 11.6 Å². The van der Waals surface area contributed by atoms with Gasteiger partial charge in [0.2, 0.25) is 0 Å². The van der Waals surface area contributed by atoms with E-state index in [0.29, 0.717) is 6.42 Å².